The number of rotatable bonds is 8. The summed E-state index contributed by atoms with van der Waals surface area (Å²) in [6.07, 6.45) is 0.706. The number of aromatic nitrogens is 4. The molecule has 0 saturated carbocycles. The largest absolute Gasteiger partial charge is 0.466 e. The molecule has 28 heavy (non-hydrogen) atoms. The maximum absolute atomic E-state index is 12.3. The molecule has 0 bridgehead atoms. The first-order valence-electron chi connectivity index (χ1n) is 8.79. The van der Waals surface area contributed by atoms with Gasteiger partial charge in [0.25, 0.3) is 5.56 Å². The fourth-order valence-electron chi connectivity index (χ4n) is 2.55. The Labute approximate surface area is 164 Å². The van der Waals surface area contributed by atoms with Crippen LogP contribution in [-0.2, 0) is 27.3 Å². The zero-order chi connectivity index (χ0) is 19.9. The Hall–Kier alpha value is -3.14. The van der Waals surface area contributed by atoms with E-state index < -0.39 is 0 Å². The Balaban J connectivity index is 1.50. The summed E-state index contributed by atoms with van der Waals surface area (Å²) in [7, 11) is 0. The molecule has 3 rings (SSSR count). The van der Waals surface area contributed by atoms with E-state index in [1.165, 1.54) is 16.0 Å². The van der Waals surface area contributed by atoms with Crippen molar-refractivity contribution in [3.8, 4) is 0 Å². The van der Waals surface area contributed by atoms with Crippen LogP contribution in [0.4, 0.5) is 5.13 Å². The van der Waals surface area contributed by atoms with Gasteiger partial charge in [0.15, 0.2) is 5.13 Å². The minimum Gasteiger partial charge on any atom is -0.466 e. The number of benzene rings is 1. The first kappa shape index (κ1) is 19.6. The molecular formula is C18H19N5O4S. The highest BCUT2D eigenvalue weighted by atomic mass is 32.1. The van der Waals surface area contributed by atoms with Crippen molar-refractivity contribution in [3.63, 3.8) is 0 Å². The van der Waals surface area contributed by atoms with Crippen LogP contribution in [0.25, 0.3) is 10.9 Å². The van der Waals surface area contributed by atoms with Crippen molar-refractivity contribution in [1.82, 2.24) is 20.0 Å². The highest BCUT2D eigenvalue weighted by molar-refractivity contribution is 7.13. The van der Waals surface area contributed by atoms with E-state index in [0.717, 1.165) is 0 Å². The predicted octanol–water partition coefficient (Wildman–Crippen LogP) is 1.77. The number of nitrogens with zero attached hydrogens (tertiary/aromatic N) is 4. The molecule has 0 spiro atoms. The van der Waals surface area contributed by atoms with Crippen molar-refractivity contribution >= 4 is 39.2 Å². The molecule has 0 fully saturated rings. The quantitative estimate of drug-likeness (QED) is 0.572. The lowest BCUT2D eigenvalue weighted by molar-refractivity contribution is -0.142. The Morgan fingerprint density at radius 3 is 2.93 bits per heavy atom. The van der Waals surface area contributed by atoms with Gasteiger partial charge in [-0.15, -0.1) is 16.4 Å². The topological polar surface area (TPSA) is 116 Å². The molecule has 0 aliphatic rings. The highest BCUT2D eigenvalue weighted by Crippen LogP contribution is 2.16. The Bertz CT molecular complexity index is 1050. The maximum atomic E-state index is 12.3. The number of thiazole rings is 1. The molecule has 146 valence electrons. The minimum absolute atomic E-state index is 0.0732. The zero-order valence-electron chi connectivity index (χ0n) is 15.3. The van der Waals surface area contributed by atoms with Crippen molar-refractivity contribution in [1.29, 1.82) is 0 Å². The Morgan fingerprint density at radius 1 is 1.29 bits per heavy atom. The summed E-state index contributed by atoms with van der Waals surface area (Å²) in [5, 5.41) is 13.2. The van der Waals surface area contributed by atoms with Gasteiger partial charge in [-0.05, 0) is 25.5 Å². The Morgan fingerprint density at radius 2 is 2.11 bits per heavy atom. The molecule has 0 aliphatic carbocycles. The second kappa shape index (κ2) is 9.18. The van der Waals surface area contributed by atoms with Gasteiger partial charge in [0.2, 0.25) is 5.91 Å². The van der Waals surface area contributed by atoms with Crippen molar-refractivity contribution in [2.24, 2.45) is 0 Å². The van der Waals surface area contributed by atoms with Gasteiger partial charge in [-0.25, -0.2) is 9.67 Å². The third kappa shape index (κ3) is 4.97. The van der Waals surface area contributed by atoms with Gasteiger partial charge in [0, 0.05) is 18.3 Å². The van der Waals surface area contributed by atoms with E-state index >= 15 is 0 Å². The number of carbonyl (C=O) groups excluding carboxylic acids is 2. The van der Waals surface area contributed by atoms with Crippen LogP contribution < -0.4 is 10.9 Å². The molecule has 0 saturated heterocycles. The molecule has 2 aromatic heterocycles. The number of anilines is 1. The van der Waals surface area contributed by atoms with Crippen molar-refractivity contribution in [3.05, 3.63) is 45.7 Å². The van der Waals surface area contributed by atoms with Crippen molar-refractivity contribution in [2.75, 3.05) is 11.9 Å². The summed E-state index contributed by atoms with van der Waals surface area (Å²) in [5.74, 6) is -0.577. The maximum Gasteiger partial charge on any atom is 0.311 e. The number of carbonyl (C=O) groups is 2. The van der Waals surface area contributed by atoms with E-state index in [1.807, 2.05) is 0 Å². The molecule has 0 atom stereocenters. The summed E-state index contributed by atoms with van der Waals surface area (Å²) >= 11 is 1.24. The first-order chi connectivity index (χ1) is 13.6. The third-order valence-corrected chi connectivity index (χ3v) is 4.64. The van der Waals surface area contributed by atoms with E-state index in [1.54, 1.807) is 36.6 Å². The second-order valence-corrected chi connectivity index (χ2v) is 6.77. The lowest BCUT2D eigenvalue weighted by atomic mass is 10.2. The van der Waals surface area contributed by atoms with Crippen LogP contribution in [0, 0.1) is 0 Å². The van der Waals surface area contributed by atoms with E-state index in [4.69, 9.17) is 4.74 Å². The summed E-state index contributed by atoms with van der Waals surface area (Å²) < 4.78 is 6.13. The van der Waals surface area contributed by atoms with E-state index in [-0.39, 0.29) is 36.8 Å². The summed E-state index contributed by atoms with van der Waals surface area (Å²) in [6.45, 7) is 2.34. The fraction of sp³-hybridized carbons (Fsp3) is 0.333. The summed E-state index contributed by atoms with van der Waals surface area (Å²) in [4.78, 5) is 40.1. The SMILES string of the molecule is CCOC(=O)Cc1csc(NC(=O)CCCn2nnc3ccccc3c2=O)n1. The molecular weight excluding hydrogens is 382 g/mol. The lowest BCUT2D eigenvalue weighted by Crippen LogP contribution is -2.25. The Kier molecular flexibility index (Phi) is 6.43. The molecule has 9 nitrogen and oxygen atoms in total. The van der Waals surface area contributed by atoms with E-state index in [2.05, 4.69) is 20.6 Å². The average Bonchev–Trinajstić information content (AvgIpc) is 3.10. The molecule has 1 amide bonds. The average molecular weight is 401 g/mol. The molecule has 0 aliphatic heterocycles. The van der Waals surface area contributed by atoms with Gasteiger partial charge in [0.05, 0.1) is 24.1 Å². The van der Waals surface area contributed by atoms with E-state index in [0.29, 0.717) is 34.8 Å². The molecule has 10 heteroatoms. The number of aryl methyl sites for hydroxylation is 1. The summed E-state index contributed by atoms with van der Waals surface area (Å²) in [6, 6.07) is 6.99. The van der Waals surface area contributed by atoms with Gasteiger partial charge < -0.3 is 10.1 Å². The molecule has 0 unspecified atom stereocenters. The van der Waals surface area contributed by atoms with Crippen molar-refractivity contribution in [2.45, 2.75) is 32.7 Å². The standard InChI is InChI=1S/C18H19N5O4S/c1-2-27-16(25)10-12-11-28-18(19-12)20-15(24)8-5-9-23-17(26)13-6-3-4-7-14(13)21-22-23/h3-4,6-7,11H,2,5,8-10H2,1H3,(H,19,20,24). The smallest absolute Gasteiger partial charge is 0.311 e. The van der Waals surface area contributed by atoms with Crippen LogP contribution in [-0.4, -0.2) is 38.5 Å². The number of ether oxygens (including phenoxy) is 1. The van der Waals surface area contributed by atoms with Gasteiger partial charge >= 0.3 is 5.97 Å². The van der Waals surface area contributed by atoms with Gasteiger partial charge in [-0.2, -0.15) is 0 Å². The van der Waals surface area contributed by atoms with Gasteiger partial charge in [-0.3, -0.25) is 14.4 Å². The number of hydrogen-bond donors (Lipinski definition) is 1. The van der Waals surface area contributed by atoms with Crippen molar-refractivity contribution < 1.29 is 14.3 Å². The number of nitrogens with one attached hydrogen (secondary N) is 1. The normalized spacial score (nSPS) is 10.8. The third-order valence-electron chi connectivity index (χ3n) is 3.83. The van der Waals surface area contributed by atoms with Crippen LogP contribution in [0.1, 0.15) is 25.5 Å². The number of fused-ring (bicyclic) bond motifs is 1. The highest BCUT2D eigenvalue weighted by Gasteiger charge is 2.11. The van der Waals surface area contributed by atoms with Crippen LogP contribution in [0.15, 0.2) is 34.4 Å². The minimum atomic E-state index is -0.354. The molecule has 1 N–H and O–H groups in total. The monoisotopic (exact) mass is 401 g/mol. The zero-order valence-corrected chi connectivity index (χ0v) is 16.1. The lowest BCUT2D eigenvalue weighted by Gasteiger charge is -2.05. The fourth-order valence-corrected chi connectivity index (χ4v) is 3.27. The molecule has 1 aromatic carbocycles. The molecule has 3 aromatic rings. The van der Waals surface area contributed by atoms with Crippen LogP contribution in [0.5, 0.6) is 0 Å². The van der Waals surface area contributed by atoms with Gasteiger partial charge in [0.1, 0.15) is 5.52 Å². The molecule has 0 radical (unpaired) electrons. The van der Waals surface area contributed by atoms with Crippen LogP contribution >= 0.6 is 11.3 Å². The number of amides is 1. The first-order valence-corrected chi connectivity index (χ1v) is 9.67. The van der Waals surface area contributed by atoms with Crippen LogP contribution in [0.3, 0.4) is 0 Å². The van der Waals surface area contributed by atoms with Crippen LogP contribution in [0.2, 0.25) is 0 Å². The number of hydrogen-bond acceptors (Lipinski definition) is 8. The molecule has 2 heterocycles. The number of esters is 1. The predicted molar refractivity (Wildman–Crippen MR) is 104 cm³/mol. The van der Waals surface area contributed by atoms with E-state index in [9.17, 15) is 14.4 Å². The van der Waals surface area contributed by atoms with Gasteiger partial charge in [-0.1, -0.05) is 17.3 Å². The second-order valence-electron chi connectivity index (χ2n) is 5.91. The summed E-state index contributed by atoms with van der Waals surface area (Å²) in [5.41, 5.74) is 0.871.